The van der Waals surface area contributed by atoms with Crippen LogP contribution in [0, 0.1) is 0 Å². The van der Waals surface area contributed by atoms with Crippen LogP contribution in [0.3, 0.4) is 0 Å². The van der Waals surface area contributed by atoms with Crippen LogP contribution in [0.5, 0.6) is 0 Å². The van der Waals surface area contributed by atoms with Gasteiger partial charge in [0.05, 0.1) is 12.6 Å². The van der Waals surface area contributed by atoms with E-state index in [1.807, 2.05) is 13.8 Å². The maximum atomic E-state index is 13.2. The van der Waals surface area contributed by atoms with E-state index < -0.39 is 24.9 Å². The Hall–Kier alpha value is -1.15. The number of alkyl halides is 2. The molecule has 0 bridgehead atoms. The van der Waals surface area contributed by atoms with Crippen molar-refractivity contribution in [1.29, 1.82) is 0 Å². The molecule has 1 N–H and O–H groups in total. The Morgan fingerprint density at radius 1 is 1.13 bits per heavy atom. The zero-order valence-corrected chi connectivity index (χ0v) is 14.4. The van der Waals surface area contributed by atoms with Crippen molar-refractivity contribution in [2.45, 2.75) is 32.2 Å². The van der Waals surface area contributed by atoms with Crippen LogP contribution < -0.4 is 5.32 Å². The Bertz CT molecular complexity index is 427. The molecule has 2 aliphatic heterocycles. The third kappa shape index (κ3) is 4.67. The van der Waals surface area contributed by atoms with Crippen molar-refractivity contribution >= 4 is 24.3 Å². The number of urea groups is 1. The van der Waals surface area contributed by atoms with Crippen molar-refractivity contribution in [3.63, 3.8) is 0 Å². The lowest BCUT2D eigenvalue weighted by Gasteiger charge is -2.38. The van der Waals surface area contributed by atoms with E-state index in [1.54, 1.807) is 14.7 Å². The standard InChI is InChI=1S/C14H24F2N4O2.ClH/c1-3-18(4-2)13(22)20-7-5-19(6-8-20)12(21)11-9-14(15,16)10-17-11;/h11,17H,3-10H2,1-2H3;1H. The van der Waals surface area contributed by atoms with Crippen molar-refractivity contribution in [3.05, 3.63) is 0 Å². The van der Waals surface area contributed by atoms with Gasteiger partial charge in [0.1, 0.15) is 0 Å². The second-order valence-corrected chi connectivity index (χ2v) is 5.76. The summed E-state index contributed by atoms with van der Waals surface area (Å²) in [5.41, 5.74) is 0. The molecular formula is C14H25ClF2N4O2. The van der Waals surface area contributed by atoms with E-state index in [0.29, 0.717) is 39.3 Å². The lowest BCUT2D eigenvalue weighted by molar-refractivity contribution is -0.135. The molecule has 0 aromatic carbocycles. The zero-order chi connectivity index (χ0) is 16.3. The first-order chi connectivity index (χ1) is 10.4. The molecule has 0 aliphatic carbocycles. The molecule has 23 heavy (non-hydrogen) atoms. The molecule has 2 heterocycles. The van der Waals surface area contributed by atoms with Crippen LogP contribution in [0.2, 0.25) is 0 Å². The first-order valence-corrected chi connectivity index (χ1v) is 7.81. The number of rotatable bonds is 3. The van der Waals surface area contributed by atoms with Gasteiger partial charge in [-0.1, -0.05) is 0 Å². The predicted octanol–water partition coefficient (Wildman–Crippen LogP) is 1.01. The van der Waals surface area contributed by atoms with Crippen LogP contribution in [-0.4, -0.2) is 84.4 Å². The molecule has 134 valence electrons. The van der Waals surface area contributed by atoms with Gasteiger partial charge in [0.15, 0.2) is 0 Å². The third-order valence-electron chi connectivity index (χ3n) is 4.30. The molecule has 1 unspecified atom stereocenters. The van der Waals surface area contributed by atoms with E-state index >= 15 is 0 Å². The largest absolute Gasteiger partial charge is 0.338 e. The number of nitrogens with zero attached hydrogens (tertiary/aromatic N) is 3. The molecule has 1 atom stereocenters. The molecular weight excluding hydrogens is 330 g/mol. The molecule has 2 rings (SSSR count). The average Bonchev–Trinajstić information content (AvgIpc) is 2.88. The van der Waals surface area contributed by atoms with Gasteiger partial charge in [-0.2, -0.15) is 0 Å². The highest BCUT2D eigenvalue weighted by Gasteiger charge is 2.44. The molecule has 0 spiro atoms. The normalized spacial score (nSPS) is 23.4. The first kappa shape index (κ1) is 19.9. The number of nitrogens with one attached hydrogen (secondary N) is 1. The Labute approximate surface area is 141 Å². The fraction of sp³-hybridized carbons (Fsp3) is 0.857. The quantitative estimate of drug-likeness (QED) is 0.823. The number of amides is 3. The smallest absolute Gasteiger partial charge is 0.320 e. The van der Waals surface area contributed by atoms with Crippen LogP contribution >= 0.6 is 12.4 Å². The van der Waals surface area contributed by atoms with Gasteiger partial charge in [0, 0.05) is 45.7 Å². The summed E-state index contributed by atoms with van der Waals surface area (Å²) in [5.74, 6) is -3.09. The summed E-state index contributed by atoms with van der Waals surface area (Å²) < 4.78 is 26.3. The maximum absolute atomic E-state index is 13.2. The summed E-state index contributed by atoms with van der Waals surface area (Å²) in [5, 5.41) is 2.58. The van der Waals surface area contributed by atoms with Gasteiger partial charge in [0.25, 0.3) is 5.92 Å². The molecule has 0 aromatic rings. The Kier molecular flexibility index (Phi) is 7.01. The predicted molar refractivity (Wildman–Crippen MR) is 85.1 cm³/mol. The molecule has 2 aliphatic rings. The number of piperazine rings is 1. The first-order valence-electron chi connectivity index (χ1n) is 7.81. The maximum Gasteiger partial charge on any atom is 0.320 e. The van der Waals surface area contributed by atoms with Gasteiger partial charge in [0.2, 0.25) is 5.91 Å². The van der Waals surface area contributed by atoms with Gasteiger partial charge in [-0.3, -0.25) is 10.1 Å². The Morgan fingerprint density at radius 2 is 1.65 bits per heavy atom. The van der Waals surface area contributed by atoms with E-state index in [9.17, 15) is 18.4 Å². The summed E-state index contributed by atoms with van der Waals surface area (Å²) in [6, 6.07) is -0.831. The van der Waals surface area contributed by atoms with E-state index in [0.717, 1.165) is 0 Å². The molecule has 3 amide bonds. The van der Waals surface area contributed by atoms with E-state index in [4.69, 9.17) is 0 Å². The van der Waals surface area contributed by atoms with Gasteiger partial charge in [-0.05, 0) is 13.8 Å². The number of carbonyl (C=O) groups is 2. The van der Waals surface area contributed by atoms with Gasteiger partial charge in [-0.25, -0.2) is 13.6 Å². The molecule has 0 aromatic heterocycles. The monoisotopic (exact) mass is 354 g/mol. The van der Waals surface area contributed by atoms with Crippen molar-refractivity contribution in [2.24, 2.45) is 0 Å². The number of hydrogen-bond donors (Lipinski definition) is 1. The summed E-state index contributed by atoms with van der Waals surface area (Å²) in [6.07, 6.45) is -0.440. The fourth-order valence-corrected chi connectivity index (χ4v) is 2.92. The molecule has 2 fully saturated rings. The Morgan fingerprint density at radius 3 is 2.09 bits per heavy atom. The molecule has 9 heteroatoms. The van der Waals surface area contributed by atoms with Crippen molar-refractivity contribution < 1.29 is 18.4 Å². The summed E-state index contributed by atoms with van der Waals surface area (Å²) >= 11 is 0. The molecule has 2 saturated heterocycles. The van der Waals surface area contributed by atoms with Gasteiger partial charge in [-0.15, -0.1) is 12.4 Å². The van der Waals surface area contributed by atoms with Crippen molar-refractivity contribution in [1.82, 2.24) is 20.0 Å². The second-order valence-electron chi connectivity index (χ2n) is 5.76. The highest BCUT2D eigenvalue weighted by Crippen LogP contribution is 2.26. The minimum Gasteiger partial charge on any atom is -0.338 e. The minimum absolute atomic E-state index is 0. The SMILES string of the molecule is CCN(CC)C(=O)N1CCN(C(=O)C2CC(F)(F)CN2)CC1.Cl. The second kappa shape index (κ2) is 8.10. The zero-order valence-electron chi connectivity index (χ0n) is 13.6. The van der Waals surface area contributed by atoms with Crippen LogP contribution in [0.15, 0.2) is 0 Å². The van der Waals surface area contributed by atoms with Crippen LogP contribution in [0.25, 0.3) is 0 Å². The summed E-state index contributed by atoms with van der Waals surface area (Å²) in [4.78, 5) is 29.5. The minimum atomic E-state index is -2.80. The van der Waals surface area contributed by atoms with Crippen molar-refractivity contribution in [2.75, 3.05) is 45.8 Å². The van der Waals surface area contributed by atoms with Crippen LogP contribution in [0.1, 0.15) is 20.3 Å². The summed E-state index contributed by atoms with van der Waals surface area (Å²) in [7, 11) is 0. The van der Waals surface area contributed by atoms with E-state index in [2.05, 4.69) is 5.32 Å². The van der Waals surface area contributed by atoms with Crippen LogP contribution in [0.4, 0.5) is 13.6 Å². The third-order valence-corrected chi connectivity index (χ3v) is 4.30. The number of halogens is 3. The number of carbonyl (C=O) groups excluding carboxylic acids is 2. The van der Waals surface area contributed by atoms with Gasteiger partial charge >= 0.3 is 6.03 Å². The fourth-order valence-electron chi connectivity index (χ4n) is 2.92. The van der Waals surface area contributed by atoms with Crippen LogP contribution in [-0.2, 0) is 4.79 Å². The summed E-state index contributed by atoms with van der Waals surface area (Å²) in [6.45, 7) is 6.40. The average molecular weight is 355 g/mol. The Balaban J connectivity index is 0.00000264. The van der Waals surface area contributed by atoms with Crippen molar-refractivity contribution in [3.8, 4) is 0 Å². The van der Waals surface area contributed by atoms with Gasteiger partial charge < -0.3 is 14.7 Å². The van der Waals surface area contributed by atoms with E-state index in [1.165, 1.54) is 0 Å². The highest BCUT2D eigenvalue weighted by atomic mass is 35.5. The molecule has 6 nitrogen and oxygen atoms in total. The lowest BCUT2D eigenvalue weighted by Crippen LogP contribution is -2.56. The number of hydrogen-bond acceptors (Lipinski definition) is 3. The highest BCUT2D eigenvalue weighted by molar-refractivity contribution is 5.85. The van der Waals surface area contributed by atoms with E-state index in [-0.39, 0.29) is 24.3 Å². The lowest BCUT2D eigenvalue weighted by atomic mass is 10.1. The molecule has 0 radical (unpaired) electrons. The molecule has 0 saturated carbocycles. The topological polar surface area (TPSA) is 55.9 Å².